The van der Waals surface area contributed by atoms with Gasteiger partial charge in [-0.05, 0) is 59.3 Å². The van der Waals surface area contributed by atoms with Gasteiger partial charge in [-0.3, -0.25) is 0 Å². The van der Waals surface area contributed by atoms with Gasteiger partial charge in [0, 0.05) is 28.2 Å². The summed E-state index contributed by atoms with van der Waals surface area (Å²) in [4.78, 5) is 0. The van der Waals surface area contributed by atoms with Crippen LogP contribution in [0.25, 0.3) is 0 Å². The molecular weight excluding hydrogens is 335 g/mol. The first-order chi connectivity index (χ1) is 7.74. The molecule has 0 atom stereocenters. The first kappa shape index (κ1) is 14.2. The highest BCUT2D eigenvalue weighted by Crippen LogP contribution is 2.17. The van der Waals surface area contributed by atoms with Gasteiger partial charge >= 0.3 is 0 Å². The maximum absolute atomic E-state index is 5.95. The van der Waals surface area contributed by atoms with Gasteiger partial charge in [-0.15, -0.1) is 0 Å². The molecule has 0 aliphatic carbocycles. The first-order valence-corrected chi connectivity index (χ1v) is 7.05. The monoisotopic (exact) mass is 352 g/mol. The maximum Gasteiger partial charge on any atom is 0.0409 e. The Morgan fingerprint density at radius 1 is 1.19 bits per heavy atom. The smallest absolute Gasteiger partial charge is 0.0409 e. The minimum atomic E-state index is 0.807. The van der Waals surface area contributed by atoms with Crippen molar-refractivity contribution in [3.8, 4) is 0 Å². The molecule has 90 valence electrons. The Kier molecular flexibility index (Phi) is 7.36. The van der Waals surface area contributed by atoms with Gasteiger partial charge in [-0.25, -0.2) is 0 Å². The molecule has 2 N–H and O–H groups in total. The fourth-order valence-electron chi connectivity index (χ4n) is 1.38. The van der Waals surface area contributed by atoms with Gasteiger partial charge in [0.1, 0.15) is 0 Å². The third-order valence-corrected chi connectivity index (χ3v) is 3.52. The molecule has 0 aliphatic rings. The van der Waals surface area contributed by atoms with Crippen LogP contribution in [-0.2, 0) is 6.54 Å². The van der Waals surface area contributed by atoms with Crippen molar-refractivity contribution in [3.63, 3.8) is 0 Å². The highest BCUT2D eigenvalue weighted by molar-refractivity contribution is 14.1. The molecule has 0 bridgehead atoms. The Morgan fingerprint density at radius 3 is 2.69 bits per heavy atom. The molecule has 0 saturated heterocycles. The lowest BCUT2D eigenvalue weighted by atomic mass is 10.2. The zero-order valence-electron chi connectivity index (χ0n) is 9.52. The lowest BCUT2D eigenvalue weighted by Crippen LogP contribution is -2.27. The van der Waals surface area contributed by atoms with Crippen molar-refractivity contribution < 1.29 is 0 Å². The fourth-order valence-corrected chi connectivity index (χ4v) is 2.10. The van der Waals surface area contributed by atoms with Crippen molar-refractivity contribution in [2.45, 2.75) is 19.9 Å². The number of nitrogens with one attached hydrogen (secondary N) is 2. The summed E-state index contributed by atoms with van der Waals surface area (Å²) in [6, 6.07) is 6.00. The first-order valence-electron chi connectivity index (χ1n) is 5.59. The molecule has 2 nitrogen and oxygen atoms in total. The minimum absolute atomic E-state index is 0.807. The normalized spacial score (nSPS) is 10.7. The molecule has 0 aliphatic heterocycles. The van der Waals surface area contributed by atoms with Crippen molar-refractivity contribution >= 4 is 34.2 Å². The second kappa shape index (κ2) is 8.28. The van der Waals surface area contributed by atoms with Crippen molar-refractivity contribution in [1.82, 2.24) is 10.6 Å². The van der Waals surface area contributed by atoms with E-state index in [0.29, 0.717) is 0 Å². The van der Waals surface area contributed by atoms with E-state index in [0.717, 1.165) is 31.2 Å². The molecule has 0 heterocycles. The summed E-state index contributed by atoms with van der Waals surface area (Å²) in [5, 5.41) is 7.57. The topological polar surface area (TPSA) is 24.1 Å². The van der Waals surface area contributed by atoms with Gasteiger partial charge in [-0.1, -0.05) is 18.5 Å². The summed E-state index contributed by atoms with van der Waals surface area (Å²) in [7, 11) is 0. The van der Waals surface area contributed by atoms with E-state index in [2.05, 4.69) is 46.2 Å². The molecule has 0 fully saturated rings. The Bertz CT molecular complexity index is 318. The van der Waals surface area contributed by atoms with Crippen LogP contribution in [0.3, 0.4) is 0 Å². The van der Waals surface area contributed by atoms with E-state index in [1.54, 1.807) is 0 Å². The third-order valence-electron chi connectivity index (χ3n) is 2.23. The van der Waals surface area contributed by atoms with Crippen LogP contribution in [0.5, 0.6) is 0 Å². The molecule has 1 aromatic carbocycles. The predicted molar refractivity (Wildman–Crippen MR) is 79.0 cm³/mol. The number of halogens is 2. The van der Waals surface area contributed by atoms with Gasteiger partial charge in [0.2, 0.25) is 0 Å². The van der Waals surface area contributed by atoms with E-state index in [4.69, 9.17) is 11.6 Å². The van der Waals surface area contributed by atoms with Crippen molar-refractivity contribution in [2.75, 3.05) is 19.6 Å². The summed E-state index contributed by atoms with van der Waals surface area (Å²) in [5.74, 6) is 0. The molecule has 0 spiro atoms. The van der Waals surface area contributed by atoms with E-state index in [1.165, 1.54) is 15.6 Å². The zero-order valence-corrected chi connectivity index (χ0v) is 12.4. The van der Waals surface area contributed by atoms with E-state index >= 15 is 0 Å². The highest BCUT2D eigenvalue weighted by atomic mass is 127. The summed E-state index contributed by atoms with van der Waals surface area (Å²) in [5.41, 5.74) is 1.27. The zero-order chi connectivity index (χ0) is 11.8. The molecular formula is C12H18ClIN2. The molecule has 0 aromatic heterocycles. The van der Waals surface area contributed by atoms with Crippen molar-refractivity contribution in [3.05, 3.63) is 32.4 Å². The molecule has 0 unspecified atom stereocenters. The van der Waals surface area contributed by atoms with Crippen LogP contribution in [0.4, 0.5) is 0 Å². The predicted octanol–water partition coefficient (Wildman–Crippen LogP) is 3.03. The van der Waals surface area contributed by atoms with Gasteiger partial charge in [0.05, 0.1) is 0 Å². The molecule has 0 radical (unpaired) electrons. The molecule has 0 amide bonds. The van der Waals surface area contributed by atoms with Crippen LogP contribution in [0.15, 0.2) is 18.2 Å². The van der Waals surface area contributed by atoms with E-state index < -0.39 is 0 Å². The largest absolute Gasteiger partial charge is 0.315 e. The second-order valence-corrected chi connectivity index (χ2v) is 5.26. The van der Waals surface area contributed by atoms with Crippen LogP contribution in [0.2, 0.25) is 5.02 Å². The van der Waals surface area contributed by atoms with Crippen LogP contribution >= 0.6 is 34.2 Å². The summed E-state index contributed by atoms with van der Waals surface area (Å²) in [6.45, 7) is 6.16. The van der Waals surface area contributed by atoms with Crippen LogP contribution < -0.4 is 10.6 Å². The SMILES string of the molecule is CCCNCCNCc1cc(Cl)ccc1I. The van der Waals surface area contributed by atoms with Crippen LogP contribution in [0.1, 0.15) is 18.9 Å². The quantitative estimate of drug-likeness (QED) is 0.582. The Balaban J connectivity index is 2.23. The van der Waals surface area contributed by atoms with Crippen molar-refractivity contribution in [1.29, 1.82) is 0 Å². The number of hydrogen-bond acceptors (Lipinski definition) is 2. The highest BCUT2D eigenvalue weighted by Gasteiger charge is 1.99. The van der Waals surface area contributed by atoms with Crippen LogP contribution in [-0.4, -0.2) is 19.6 Å². The molecule has 1 aromatic rings. The van der Waals surface area contributed by atoms with Gasteiger partial charge in [-0.2, -0.15) is 0 Å². The second-order valence-electron chi connectivity index (χ2n) is 3.66. The average Bonchev–Trinajstić information content (AvgIpc) is 2.28. The van der Waals surface area contributed by atoms with Gasteiger partial charge < -0.3 is 10.6 Å². The van der Waals surface area contributed by atoms with E-state index in [-0.39, 0.29) is 0 Å². The van der Waals surface area contributed by atoms with Gasteiger partial charge in [0.25, 0.3) is 0 Å². The van der Waals surface area contributed by atoms with Crippen molar-refractivity contribution in [2.24, 2.45) is 0 Å². The Morgan fingerprint density at radius 2 is 1.94 bits per heavy atom. The Labute approximate surface area is 116 Å². The standard InChI is InChI=1S/C12H18ClIN2/c1-2-5-15-6-7-16-9-10-8-11(13)3-4-12(10)14/h3-4,8,15-16H,2,5-7,9H2,1H3. The Hall–Kier alpha value is 0.160. The summed E-state index contributed by atoms with van der Waals surface area (Å²) in [6.07, 6.45) is 1.19. The number of hydrogen-bond donors (Lipinski definition) is 2. The molecule has 0 saturated carbocycles. The number of rotatable bonds is 7. The van der Waals surface area contributed by atoms with E-state index in [9.17, 15) is 0 Å². The lowest BCUT2D eigenvalue weighted by molar-refractivity contribution is 0.606. The third kappa shape index (κ3) is 5.48. The molecule has 1 rings (SSSR count). The number of benzene rings is 1. The average molecular weight is 353 g/mol. The van der Waals surface area contributed by atoms with Gasteiger partial charge in [0.15, 0.2) is 0 Å². The molecule has 16 heavy (non-hydrogen) atoms. The summed E-state index contributed by atoms with van der Waals surface area (Å²) < 4.78 is 1.26. The van der Waals surface area contributed by atoms with Crippen LogP contribution in [0, 0.1) is 3.57 Å². The van der Waals surface area contributed by atoms with E-state index in [1.807, 2.05) is 12.1 Å². The summed E-state index contributed by atoms with van der Waals surface area (Å²) >= 11 is 8.29. The minimum Gasteiger partial charge on any atom is -0.315 e. The molecule has 4 heteroatoms. The lowest BCUT2D eigenvalue weighted by Gasteiger charge is -2.08. The maximum atomic E-state index is 5.95. The fraction of sp³-hybridized carbons (Fsp3) is 0.500.